The van der Waals surface area contributed by atoms with Gasteiger partial charge in [0.25, 0.3) is 0 Å². The van der Waals surface area contributed by atoms with E-state index in [1.165, 1.54) is 0 Å². The number of rotatable bonds is 6. The monoisotopic (exact) mass is 212 g/mol. The van der Waals surface area contributed by atoms with E-state index in [2.05, 4.69) is 11.4 Å². The number of hydrogen-bond donors (Lipinski definition) is 1. The predicted octanol–water partition coefficient (Wildman–Crippen LogP) is 1.07. The van der Waals surface area contributed by atoms with Crippen molar-refractivity contribution in [1.82, 2.24) is 5.32 Å². The molecule has 0 spiro atoms. The van der Waals surface area contributed by atoms with Crippen LogP contribution in [0.4, 0.5) is 0 Å². The molecule has 0 aromatic rings. The van der Waals surface area contributed by atoms with Crippen LogP contribution in [-0.4, -0.2) is 38.0 Å². The molecule has 1 fully saturated rings. The highest BCUT2D eigenvalue weighted by Crippen LogP contribution is 2.12. The molecule has 4 heteroatoms. The molecule has 1 aliphatic rings. The summed E-state index contributed by atoms with van der Waals surface area (Å²) in [6.45, 7) is 6.43. The second kappa shape index (κ2) is 6.06. The Balaban J connectivity index is 2.28. The lowest BCUT2D eigenvalue weighted by Crippen LogP contribution is -2.48. The van der Waals surface area contributed by atoms with Crippen molar-refractivity contribution in [3.63, 3.8) is 0 Å². The normalized spacial score (nSPS) is 24.7. The highest BCUT2D eigenvalue weighted by molar-refractivity contribution is 5.04. The van der Waals surface area contributed by atoms with Gasteiger partial charge in [0.05, 0.1) is 18.8 Å². The summed E-state index contributed by atoms with van der Waals surface area (Å²) in [6, 6.07) is 2.25. The summed E-state index contributed by atoms with van der Waals surface area (Å²) < 4.78 is 10.8. The Labute approximate surface area is 91.6 Å². The quantitative estimate of drug-likeness (QED) is 0.715. The SMILES string of the molecule is CCOCC(C)(C#N)NCC1CCCO1. The molecule has 0 radical (unpaired) electrons. The first-order valence-corrected chi connectivity index (χ1v) is 5.56. The van der Waals surface area contributed by atoms with E-state index in [1.54, 1.807) is 0 Å². The molecule has 0 aromatic carbocycles. The van der Waals surface area contributed by atoms with Gasteiger partial charge in [0.15, 0.2) is 0 Å². The van der Waals surface area contributed by atoms with Crippen molar-refractivity contribution in [2.75, 3.05) is 26.4 Å². The highest BCUT2D eigenvalue weighted by atomic mass is 16.5. The Morgan fingerprint density at radius 1 is 1.67 bits per heavy atom. The number of nitrogens with zero attached hydrogens (tertiary/aromatic N) is 1. The van der Waals surface area contributed by atoms with Gasteiger partial charge in [-0.1, -0.05) is 0 Å². The van der Waals surface area contributed by atoms with Crippen LogP contribution >= 0.6 is 0 Å². The van der Waals surface area contributed by atoms with Gasteiger partial charge < -0.3 is 9.47 Å². The largest absolute Gasteiger partial charge is 0.379 e. The topological polar surface area (TPSA) is 54.3 Å². The molecule has 1 aliphatic heterocycles. The van der Waals surface area contributed by atoms with Gasteiger partial charge in [-0.2, -0.15) is 5.26 Å². The molecule has 2 unspecified atom stereocenters. The zero-order chi connectivity index (χ0) is 11.1. The van der Waals surface area contributed by atoms with Crippen LogP contribution in [0.2, 0.25) is 0 Å². The third kappa shape index (κ3) is 4.17. The summed E-state index contributed by atoms with van der Waals surface area (Å²) in [5.41, 5.74) is -0.595. The van der Waals surface area contributed by atoms with Crippen molar-refractivity contribution in [3.05, 3.63) is 0 Å². The summed E-state index contributed by atoms with van der Waals surface area (Å²) in [4.78, 5) is 0. The zero-order valence-electron chi connectivity index (χ0n) is 9.58. The Morgan fingerprint density at radius 2 is 2.47 bits per heavy atom. The summed E-state index contributed by atoms with van der Waals surface area (Å²) in [5.74, 6) is 0. The Bertz CT molecular complexity index is 221. The molecule has 0 saturated carbocycles. The second-order valence-corrected chi connectivity index (χ2v) is 4.10. The lowest BCUT2D eigenvalue weighted by Gasteiger charge is -2.24. The van der Waals surface area contributed by atoms with Gasteiger partial charge in [-0.3, -0.25) is 5.32 Å². The molecule has 2 atom stereocenters. The van der Waals surface area contributed by atoms with Gasteiger partial charge in [0.1, 0.15) is 5.54 Å². The third-order valence-electron chi connectivity index (χ3n) is 2.59. The van der Waals surface area contributed by atoms with Crippen LogP contribution in [0, 0.1) is 11.3 Å². The van der Waals surface area contributed by atoms with E-state index in [1.807, 2.05) is 13.8 Å². The van der Waals surface area contributed by atoms with E-state index in [-0.39, 0.29) is 6.10 Å². The first kappa shape index (κ1) is 12.4. The van der Waals surface area contributed by atoms with Crippen molar-refractivity contribution in [1.29, 1.82) is 5.26 Å². The van der Waals surface area contributed by atoms with Crippen molar-refractivity contribution >= 4 is 0 Å². The molecule has 0 aliphatic carbocycles. The number of hydrogen-bond acceptors (Lipinski definition) is 4. The molecule has 15 heavy (non-hydrogen) atoms. The first-order valence-electron chi connectivity index (χ1n) is 5.56. The molecule has 1 saturated heterocycles. The fourth-order valence-corrected chi connectivity index (χ4v) is 1.57. The van der Waals surface area contributed by atoms with Gasteiger partial charge in [0.2, 0.25) is 0 Å². The van der Waals surface area contributed by atoms with Crippen LogP contribution in [0.1, 0.15) is 26.7 Å². The van der Waals surface area contributed by atoms with Gasteiger partial charge in [-0.05, 0) is 26.7 Å². The van der Waals surface area contributed by atoms with Gasteiger partial charge in [-0.15, -0.1) is 0 Å². The molecule has 0 bridgehead atoms. The van der Waals surface area contributed by atoms with Crippen molar-refractivity contribution in [3.8, 4) is 6.07 Å². The molecule has 1 rings (SSSR count). The molecule has 1 N–H and O–H groups in total. The van der Waals surface area contributed by atoms with Crippen LogP contribution in [0.25, 0.3) is 0 Å². The molecule has 86 valence electrons. The summed E-state index contributed by atoms with van der Waals surface area (Å²) in [6.07, 6.45) is 2.48. The minimum atomic E-state index is -0.595. The lowest BCUT2D eigenvalue weighted by atomic mass is 10.1. The zero-order valence-corrected chi connectivity index (χ0v) is 9.58. The smallest absolute Gasteiger partial charge is 0.127 e. The standard InChI is InChI=1S/C11H20N2O2/c1-3-14-9-11(2,8-12)13-7-10-5-4-6-15-10/h10,13H,3-7,9H2,1-2H3. The van der Waals surface area contributed by atoms with E-state index >= 15 is 0 Å². The van der Waals surface area contributed by atoms with Crippen LogP contribution < -0.4 is 5.32 Å². The van der Waals surface area contributed by atoms with Gasteiger partial charge in [-0.25, -0.2) is 0 Å². The molecule has 4 nitrogen and oxygen atoms in total. The van der Waals surface area contributed by atoms with E-state index in [0.29, 0.717) is 13.2 Å². The van der Waals surface area contributed by atoms with Crippen LogP contribution in [0.3, 0.4) is 0 Å². The summed E-state index contributed by atoms with van der Waals surface area (Å²) in [5, 5.41) is 12.3. The minimum Gasteiger partial charge on any atom is -0.379 e. The third-order valence-corrected chi connectivity index (χ3v) is 2.59. The Kier molecular flexibility index (Phi) is 5.03. The molecule has 0 amide bonds. The molecular weight excluding hydrogens is 192 g/mol. The fraction of sp³-hybridized carbons (Fsp3) is 0.909. The Morgan fingerprint density at radius 3 is 3.00 bits per heavy atom. The van der Waals surface area contributed by atoms with E-state index in [0.717, 1.165) is 26.0 Å². The van der Waals surface area contributed by atoms with Crippen LogP contribution in [-0.2, 0) is 9.47 Å². The number of ether oxygens (including phenoxy) is 2. The fourth-order valence-electron chi connectivity index (χ4n) is 1.57. The lowest BCUT2D eigenvalue weighted by molar-refractivity contribution is 0.0803. The molecule has 0 aromatic heterocycles. The minimum absolute atomic E-state index is 0.263. The maximum Gasteiger partial charge on any atom is 0.127 e. The van der Waals surface area contributed by atoms with Gasteiger partial charge in [0, 0.05) is 19.8 Å². The maximum atomic E-state index is 9.05. The number of nitrogens with one attached hydrogen (secondary N) is 1. The summed E-state index contributed by atoms with van der Waals surface area (Å²) >= 11 is 0. The van der Waals surface area contributed by atoms with E-state index < -0.39 is 5.54 Å². The van der Waals surface area contributed by atoms with E-state index in [9.17, 15) is 0 Å². The van der Waals surface area contributed by atoms with Crippen molar-refractivity contribution in [2.45, 2.75) is 38.3 Å². The highest BCUT2D eigenvalue weighted by Gasteiger charge is 2.26. The van der Waals surface area contributed by atoms with Gasteiger partial charge >= 0.3 is 0 Å². The summed E-state index contributed by atoms with van der Waals surface area (Å²) in [7, 11) is 0. The predicted molar refractivity (Wildman–Crippen MR) is 57.5 cm³/mol. The van der Waals surface area contributed by atoms with Crippen molar-refractivity contribution in [2.24, 2.45) is 0 Å². The van der Waals surface area contributed by atoms with Crippen molar-refractivity contribution < 1.29 is 9.47 Å². The average molecular weight is 212 g/mol. The van der Waals surface area contributed by atoms with Crippen LogP contribution in [0.5, 0.6) is 0 Å². The Hall–Kier alpha value is -0.630. The maximum absolute atomic E-state index is 9.05. The number of nitriles is 1. The average Bonchev–Trinajstić information content (AvgIpc) is 2.76. The van der Waals surface area contributed by atoms with E-state index in [4.69, 9.17) is 14.7 Å². The first-order chi connectivity index (χ1) is 7.20. The molecule has 1 heterocycles. The second-order valence-electron chi connectivity index (χ2n) is 4.10. The molecular formula is C11H20N2O2. The van der Waals surface area contributed by atoms with Crippen LogP contribution in [0.15, 0.2) is 0 Å².